The summed E-state index contributed by atoms with van der Waals surface area (Å²) in [5.74, 6) is 0.188. The average Bonchev–Trinajstić information content (AvgIpc) is 3.03. The number of fused-ring (bicyclic) bond motifs is 2. The fourth-order valence-corrected chi connectivity index (χ4v) is 3.97. The number of anilines is 1. The zero-order chi connectivity index (χ0) is 16.6. The summed E-state index contributed by atoms with van der Waals surface area (Å²) in [7, 11) is 1.76. The van der Waals surface area contributed by atoms with Crippen LogP contribution in [0.25, 0.3) is 0 Å². The molecule has 23 heavy (non-hydrogen) atoms. The molecule has 0 amide bonds. The second-order valence-corrected chi connectivity index (χ2v) is 7.53. The molecule has 0 saturated carbocycles. The molecule has 126 valence electrons. The molecule has 1 aromatic rings. The Morgan fingerprint density at radius 3 is 2.87 bits per heavy atom. The summed E-state index contributed by atoms with van der Waals surface area (Å²) in [6, 6.07) is 4.80. The lowest BCUT2D eigenvalue weighted by Crippen LogP contribution is -2.34. The van der Waals surface area contributed by atoms with Crippen LogP contribution in [-0.2, 0) is 9.47 Å². The van der Waals surface area contributed by atoms with Crippen LogP contribution in [0, 0.1) is 5.92 Å². The van der Waals surface area contributed by atoms with Crippen LogP contribution in [0.15, 0.2) is 18.3 Å². The predicted octanol–water partition coefficient (Wildman–Crippen LogP) is 3.04. The van der Waals surface area contributed by atoms with Crippen LogP contribution in [0.3, 0.4) is 0 Å². The predicted molar refractivity (Wildman–Crippen MR) is 88.7 cm³/mol. The fourth-order valence-electron chi connectivity index (χ4n) is 3.97. The molecule has 3 atom stereocenters. The maximum Gasteiger partial charge on any atom is 0.359 e. The van der Waals surface area contributed by atoms with Gasteiger partial charge in [-0.15, -0.1) is 0 Å². The Balaban J connectivity index is 1.88. The van der Waals surface area contributed by atoms with Crippen LogP contribution in [-0.4, -0.2) is 42.4 Å². The number of methoxy groups -OCH3 is 1. The first-order valence-electron chi connectivity index (χ1n) is 8.36. The van der Waals surface area contributed by atoms with Crippen molar-refractivity contribution in [3.05, 3.63) is 24.0 Å². The van der Waals surface area contributed by atoms with Crippen LogP contribution in [0.2, 0.25) is 0 Å². The monoisotopic (exact) mass is 318 g/mol. The minimum atomic E-state index is -0.519. The second-order valence-electron chi connectivity index (χ2n) is 7.53. The lowest BCUT2D eigenvalue weighted by Gasteiger charge is -2.28. The molecule has 2 fully saturated rings. The van der Waals surface area contributed by atoms with Gasteiger partial charge in [-0.3, -0.25) is 0 Å². The van der Waals surface area contributed by atoms with E-state index in [9.17, 15) is 4.79 Å². The second kappa shape index (κ2) is 6.11. The number of aromatic nitrogens is 1. The normalized spacial score (nSPS) is 26.6. The van der Waals surface area contributed by atoms with Gasteiger partial charge in [0.15, 0.2) is 5.69 Å². The smallest absolute Gasteiger partial charge is 0.359 e. The molecule has 1 aromatic heterocycles. The Morgan fingerprint density at radius 2 is 2.17 bits per heavy atom. The first kappa shape index (κ1) is 16.2. The summed E-state index contributed by atoms with van der Waals surface area (Å²) in [5.41, 5.74) is 0.819. The van der Waals surface area contributed by atoms with Gasteiger partial charge in [-0.25, -0.2) is 9.78 Å². The van der Waals surface area contributed by atoms with E-state index in [1.165, 1.54) is 6.42 Å². The van der Waals surface area contributed by atoms with Gasteiger partial charge in [0, 0.05) is 31.3 Å². The zero-order valence-corrected chi connectivity index (χ0v) is 14.4. The van der Waals surface area contributed by atoms with Gasteiger partial charge in [-0.05, 0) is 52.2 Å². The van der Waals surface area contributed by atoms with Gasteiger partial charge in [-0.1, -0.05) is 0 Å². The third kappa shape index (κ3) is 3.20. The van der Waals surface area contributed by atoms with E-state index in [0.29, 0.717) is 23.7 Å². The topological polar surface area (TPSA) is 51.7 Å². The molecular weight excluding hydrogens is 292 g/mol. The van der Waals surface area contributed by atoms with Crippen molar-refractivity contribution in [2.75, 3.05) is 18.6 Å². The fraction of sp³-hybridized carbons (Fsp3) is 0.667. The van der Waals surface area contributed by atoms with Gasteiger partial charge in [-0.2, -0.15) is 0 Å². The largest absolute Gasteiger partial charge is 0.455 e. The molecule has 0 aromatic carbocycles. The molecule has 2 aliphatic rings. The van der Waals surface area contributed by atoms with Gasteiger partial charge in [0.1, 0.15) is 5.60 Å². The van der Waals surface area contributed by atoms with Crippen LogP contribution >= 0.6 is 0 Å². The van der Waals surface area contributed by atoms with Gasteiger partial charge in [0.05, 0.1) is 12.3 Å². The van der Waals surface area contributed by atoms with E-state index in [0.717, 1.165) is 25.1 Å². The maximum absolute atomic E-state index is 12.5. The maximum atomic E-state index is 12.5. The molecule has 0 radical (unpaired) electrons. The average molecular weight is 318 g/mol. The van der Waals surface area contributed by atoms with E-state index in [-0.39, 0.29) is 5.97 Å². The number of nitrogens with zero attached hydrogens (tertiary/aromatic N) is 2. The van der Waals surface area contributed by atoms with Crippen molar-refractivity contribution in [3.8, 4) is 0 Å². The third-order valence-corrected chi connectivity index (χ3v) is 4.70. The summed E-state index contributed by atoms with van der Waals surface area (Å²) in [6.45, 7) is 6.41. The zero-order valence-electron chi connectivity index (χ0n) is 14.4. The van der Waals surface area contributed by atoms with Crippen LogP contribution in [0.4, 0.5) is 5.69 Å². The van der Waals surface area contributed by atoms with Crippen molar-refractivity contribution in [1.82, 2.24) is 4.98 Å². The van der Waals surface area contributed by atoms with E-state index in [2.05, 4.69) is 9.88 Å². The molecule has 2 saturated heterocycles. The number of hydrogen-bond donors (Lipinski definition) is 0. The number of pyridine rings is 1. The lowest BCUT2D eigenvalue weighted by atomic mass is 9.90. The van der Waals surface area contributed by atoms with Gasteiger partial charge < -0.3 is 14.4 Å². The molecule has 0 N–H and O–H groups in total. The molecule has 5 nitrogen and oxygen atoms in total. The molecule has 5 heteroatoms. The van der Waals surface area contributed by atoms with Crippen molar-refractivity contribution in [3.63, 3.8) is 0 Å². The summed E-state index contributed by atoms with van der Waals surface area (Å²) in [4.78, 5) is 19.3. The van der Waals surface area contributed by atoms with Gasteiger partial charge in [0.25, 0.3) is 0 Å². The Bertz CT molecular complexity index is 582. The van der Waals surface area contributed by atoms with E-state index < -0.39 is 5.60 Å². The number of rotatable bonds is 4. The molecule has 2 bridgehead atoms. The van der Waals surface area contributed by atoms with E-state index >= 15 is 0 Å². The van der Waals surface area contributed by atoms with Crippen molar-refractivity contribution in [1.29, 1.82) is 0 Å². The highest BCUT2D eigenvalue weighted by Gasteiger charge is 2.47. The Labute approximate surface area is 138 Å². The first-order chi connectivity index (χ1) is 10.9. The molecule has 0 aliphatic carbocycles. The van der Waals surface area contributed by atoms with Crippen molar-refractivity contribution < 1.29 is 14.3 Å². The Kier molecular flexibility index (Phi) is 4.32. The Hall–Kier alpha value is -1.62. The molecule has 3 rings (SSSR count). The minimum absolute atomic E-state index is 0.345. The molecule has 0 unspecified atom stereocenters. The highest BCUT2D eigenvalue weighted by Crippen LogP contribution is 2.45. The number of carbonyl (C=O) groups is 1. The number of ether oxygens (including phenoxy) is 2. The van der Waals surface area contributed by atoms with Gasteiger partial charge >= 0.3 is 5.97 Å². The van der Waals surface area contributed by atoms with Crippen LogP contribution < -0.4 is 4.90 Å². The lowest BCUT2D eigenvalue weighted by molar-refractivity contribution is 0.00636. The van der Waals surface area contributed by atoms with E-state index in [1.807, 2.05) is 32.9 Å². The summed E-state index contributed by atoms with van der Waals surface area (Å²) < 4.78 is 10.9. The van der Waals surface area contributed by atoms with Crippen LogP contribution in [0.1, 0.15) is 50.5 Å². The molecular formula is C18H26N2O3. The van der Waals surface area contributed by atoms with Gasteiger partial charge in [0.2, 0.25) is 0 Å². The summed E-state index contributed by atoms with van der Waals surface area (Å²) in [6.07, 6.45) is 5.11. The van der Waals surface area contributed by atoms with E-state index in [4.69, 9.17) is 9.47 Å². The highest BCUT2D eigenvalue weighted by atomic mass is 16.6. The van der Waals surface area contributed by atoms with Crippen molar-refractivity contribution in [2.24, 2.45) is 5.92 Å². The molecule has 0 spiro atoms. The third-order valence-electron chi connectivity index (χ3n) is 4.70. The Morgan fingerprint density at radius 1 is 1.39 bits per heavy atom. The molecule has 3 heterocycles. The summed E-state index contributed by atoms with van der Waals surface area (Å²) >= 11 is 0. The quantitative estimate of drug-likeness (QED) is 0.799. The molecule has 2 aliphatic heterocycles. The SMILES string of the molecule is COC[C@@H]1C[C@H]2CC[C@@H]1N2c1cccnc1C(=O)OC(C)(C)C. The standard InChI is InChI=1S/C18H26N2O3/c1-18(2,3)23-17(21)16-15(6-5-9-19-16)20-13-7-8-14(20)12(10-13)11-22-4/h5-6,9,12-14H,7-8,10-11H2,1-4H3/t12-,13+,14-/m0/s1. The van der Waals surface area contributed by atoms with Crippen molar-refractivity contribution in [2.45, 2.75) is 57.7 Å². The van der Waals surface area contributed by atoms with E-state index in [1.54, 1.807) is 13.3 Å². The van der Waals surface area contributed by atoms with Crippen LogP contribution in [0.5, 0.6) is 0 Å². The highest BCUT2D eigenvalue weighted by molar-refractivity contribution is 5.94. The summed E-state index contributed by atoms with van der Waals surface area (Å²) in [5, 5.41) is 0. The van der Waals surface area contributed by atoms with Crippen molar-refractivity contribution >= 4 is 11.7 Å². The number of esters is 1. The minimum Gasteiger partial charge on any atom is -0.455 e. The number of hydrogen-bond acceptors (Lipinski definition) is 5. The number of carbonyl (C=O) groups excluding carboxylic acids is 1. The first-order valence-corrected chi connectivity index (χ1v) is 8.36.